The van der Waals surface area contributed by atoms with E-state index in [2.05, 4.69) is 5.32 Å². The number of halogens is 2. The van der Waals surface area contributed by atoms with Gasteiger partial charge >= 0.3 is 0 Å². The van der Waals surface area contributed by atoms with E-state index < -0.39 is 5.82 Å². The highest BCUT2D eigenvalue weighted by Crippen LogP contribution is 2.26. The number of nitrogens with zero attached hydrogens (tertiary/aromatic N) is 1. The van der Waals surface area contributed by atoms with Crippen LogP contribution < -0.4 is 5.32 Å². The molecule has 0 heterocycles. The molecule has 0 fully saturated rings. The van der Waals surface area contributed by atoms with Crippen molar-refractivity contribution in [1.29, 1.82) is 5.26 Å². The fraction of sp³-hybridized carbons (Fsp3) is 0.235. The number of anilines is 1. The van der Waals surface area contributed by atoms with Gasteiger partial charge in [-0.3, -0.25) is 0 Å². The van der Waals surface area contributed by atoms with E-state index in [1.54, 1.807) is 26.0 Å². The van der Waals surface area contributed by atoms with E-state index in [-0.39, 0.29) is 17.4 Å². The molecule has 1 N–H and O–H groups in total. The summed E-state index contributed by atoms with van der Waals surface area (Å²) >= 11 is 0. The molecule has 4 heteroatoms. The summed E-state index contributed by atoms with van der Waals surface area (Å²) in [5, 5.41) is 12.0. The second-order valence-corrected chi connectivity index (χ2v) is 5.12. The Morgan fingerprint density at radius 1 is 1.10 bits per heavy atom. The van der Waals surface area contributed by atoms with Crippen LogP contribution in [0.15, 0.2) is 30.3 Å². The molecule has 0 aliphatic heterocycles. The summed E-state index contributed by atoms with van der Waals surface area (Å²) in [7, 11) is 0. The predicted molar refractivity (Wildman–Crippen MR) is 79.0 cm³/mol. The first-order valence-electron chi connectivity index (χ1n) is 6.65. The Morgan fingerprint density at radius 3 is 2.43 bits per heavy atom. The normalized spacial score (nSPS) is 11.8. The Hall–Kier alpha value is -2.41. The molecule has 0 aromatic heterocycles. The highest BCUT2D eigenvalue weighted by atomic mass is 19.1. The highest BCUT2D eigenvalue weighted by Gasteiger charge is 2.12. The monoisotopic (exact) mass is 286 g/mol. The van der Waals surface area contributed by atoms with Crippen LogP contribution in [-0.2, 0) is 0 Å². The molecule has 0 amide bonds. The lowest BCUT2D eigenvalue weighted by Crippen LogP contribution is -2.09. The molecule has 0 saturated heterocycles. The highest BCUT2D eigenvalue weighted by molar-refractivity contribution is 5.57. The number of nitrogens with one attached hydrogen (secondary N) is 1. The van der Waals surface area contributed by atoms with Crippen LogP contribution >= 0.6 is 0 Å². The molecule has 108 valence electrons. The van der Waals surface area contributed by atoms with Gasteiger partial charge < -0.3 is 5.32 Å². The topological polar surface area (TPSA) is 35.8 Å². The van der Waals surface area contributed by atoms with Crippen molar-refractivity contribution in [2.24, 2.45) is 0 Å². The molecule has 0 saturated carbocycles. The standard InChI is InChI=1S/C17H16F2N2/c1-10-4-5-14(8-15(10)18)12(3)21-17-7-13(9-20)6-16(19)11(17)2/h4-8,12,21H,1-3H3. The zero-order valence-electron chi connectivity index (χ0n) is 12.2. The number of hydrogen-bond donors (Lipinski definition) is 1. The molecule has 2 nitrogen and oxygen atoms in total. The van der Waals surface area contributed by atoms with Crippen molar-refractivity contribution in [2.75, 3.05) is 5.32 Å². The van der Waals surface area contributed by atoms with E-state index in [1.165, 1.54) is 12.1 Å². The van der Waals surface area contributed by atoms with Crippen LogP contribution in [-0.4, -0.2) is 0 Å². The van der Waals surface area contributed by atoms with Crippen molar-refractivity contribution in [3.8, 4) is 6.07 Å². The Labute approximate surface area is 123 Å². The summed E-state index contributed by atoms with van der Waals surface area (Å²) in [5.74, 6) is -0.700. The number of rotatable bonds is 3. The summed E-state index contributed by atoms with van der Waals surface area (Å²) in [6, 6.07) is 9.53. The molecule has 0 radical (unpaired) electrons. The third-order valence-electron chi connectivity index (χ3n) is 3.54. The van der Waals surface area contributed by atoms with Gasteiger partial charge in [-0.25, -0.2) is 8.78 Å². The van der Waals surface area contributed by atoms with Crippen molar-refractivity contribution in [2.45, 2.75) is 26.8 Å². The van der Waals surface area contributed by atoms with Crippen molar-refractivity contribution < 1.29 is 8.78 Å². The van der Waals surface area contributed by atoms with Crippen LogP contribution in [0.4, 0.5) is 14.5 Å². The lowest BCUT2D eigenvalue weighted by molar-refractivity contribution is 0.613. The number of aryl methyl sites for hydroxylation is 1. The minimum Gasteiger partial charge on any atom is -0.378 e. The SMILES string of the molecule is Cc1ccc(C(C)Nc2cc(C#N)cc(F)c2C)cc1F. The quantitative estimate of drug-likeness (QED) is 0.893. The van der Waals surface area contributed by atoms with Crippen LogP contribution in [0.5, 0.6) is 0 Å². The van der Waals surface area contributed by atoms with Crippen molar-refractivity contribution >= 4 is 5.69 Å². The molecular weight excluding hydrogens is 270 g/mol. The molecule has 1 atom stereocenters. The summed E-state index contributed by atoms with van der Waals surface area (Å²) in [4.78, 5) is 0. The smallest absolute Gasteiger partial charge is 0.129 e. The van der Waals surface area contributed by atoms with Crippen LogP contribution in [0.25, 0.3) is 0 Å². The number of nitriles is 1. The average molecular weight is 286 g/mol. The van der Waals surface area contributed by atoms with E-state index in [0.29, 0.717) is 16.8 Å². The largest absolute Gasteiger partial charge is 0.378 e. The molecule has 0 aliphatic rings. The summed E-state index contributed by atoms with van der Waals surface area (Å²) in [6.45, 7) is 5.20. The number of hydrogen-bond acceptors (Lipinski definition) is 2. The first-order chi connectivity index (χ1) is 9.92. The van der Waals surface area contributed by atoms with Gasteiger partial charge in [0.25, 0.3) is 0 Å². The summed E-state index contributed by atoms with van der Waals surface area (Å²) in [5.41, 5.74) is 2.58. The minimum atomic E-state index is -0.432. The van der Waals surface area contributed by atoms with Gasteiger partial charge in [-0.1, -0.05) is 12.1 Å². The minimum absolute atomic E-state index is 0.202. The zero-order valence-corrected chi connectivity index (χ0v) is 12.2. The maximum atomic E-state index is 13.7. The Morgan fingerprint density at radius 2 is 1.81 bits per heavy atom. The van der Waals surface area contributed by atoms with Crippen molar-refractivity contribution in [3.05, 3.63) is 64.2 Å². The second kappa shape index (κ2) is 5.92. The third kappa shape index (κ3) is 3.19. The first-order valence-corrected chi connectivity index (χ1v) is 6.65. The lowest BCUT2D eigenvalue weighted by Gasteiger charge is -2.18. The maximum absolute atomic E-state index is 13.7. The molecule has 1 unspecified atom stereocenters. The summed E-state index contributed by atoms with van der Waals surface area (Å²) in [6.07, 6.45) is 0. The predicted octanol–water partition coefficient (Wildman–Crippen LogP) is 4.63. The molecule has 2 rings (SSSR count). The molecular formula is C17H16F2N2. The van der Waals surface area contributed by atoms with E-state index in [1.807, 2.05) is 19.1 Å². The third-order valence-corrected chi connectivity index (χ3v) is 3.54. The lowest BCUT2D eigenvalue weighted by atomic mass is 10.0. The Balaban J connectivity index is 2.31. The van der Waals surface area contributed by atoms with Crippen molar-refractivity contribution in [1.82, 2.24) is 0 Å². The second-order valence-electron chi connectivity index (χ2n) is 5.12. The molecule has 0 spiro atoms. The van der Waals surface area contributed by atoms with Crippen LogP contribution in [0, 0.1) is 36.8 Å². The maximum Gasteiger partial charge on any atom is 0.129 e. The van der Waals surface area contributed by atoms with Gasteiger partial charge in [0.15, 0.2) is 0 Å². The van der Waals surface area contributed by atoms with Gasteiger partial charge in [0.05, 0.1) is 11.6 Å². The Bertz CT molecular complexity index is 717. The molecule has 2 aromatic carbocycles. The van der Waals surface area contributed by atoms with Gasteiger partial charge in [-0.05, 0) is 50.1 Å². The molecule has 2 aromatic rings. The Kier molecular flexibility index (Phi) is 4.23. The van der Waals surface area contributed by atoms with Gasteiger partial charge in [-0.2, -0.15) is 5.26 Å². The number of benzene rings is 2. The van der Waals surface area contributed by atoms with Gasteiger partial charge in [-0.15, -0.1) is 0 Å². The van der Waals surface area contributed by atoms with Gasteiger partial charge in [0.1, 0.15) is 11.6 Å². The molecule has 21 heavy (non-hydrogen) atoms. The zero-order chi connectivity index (χ0) is 15.6. The van der Waals surface area contributed by atoms with Crippen LogP contribution in [0.3, 0.4) is 0 Å². The molecule has 0 aliphatic carbocycles. The fourth-order valence-corrected chi connectivity index (χ4v) is 2.09. The van der Waals surface area contributed by atoms with Crippen LogP contribution in [0.2, 0.25) is 0 Å². The van der Waals surface area contributed by atoms with Gasteiger partial charge in [0.2, 0.25) is 0 Å². The van der Waals surface area contributed by atoms with E-state index >= 15 is 0 Å². The van der Waals surface area contributed by atoms with Crippen LogP contribution in [0.1, 0.15) is 35.2 Å². The average Bonchev–Trinajstić information content (AvgIpc) is 2.46. The van der Waals surface area contributed by atoms with E-state index in [0.717, 1.165) is 5.56 Å². The fourth-order valence-electron chi connectivity index (χ4n) is 2.09. The molecule has 0 bridgehead atoms. The first kappa shape index (κ1) is 15.0. The van der Waals surface area contributed by atoms with E-state index in [4.69, 9.17) is 5.26 Å². The van der Waals surface area contributed by atoms with Crippen molar-refractivity contribution in [3.63, 3.8) is 0 Å². The van der Waals surface area contributed by atoms with Gasteiger partial charge in [0, 0.05) is 17.3 Å². The summed E-state index contributed by atoms with van der Waals surface area (Å²) < 4.78 is 27.4. The van der Waals surface area contributed by atoms with E-state index in [9.17, 15) is 8.78 Å².